The van der Waals surface area contributed by atoms with Gasteiger partial charge >= 0.3 is 11.9 Å². The van der Waals surface area contributed by atoms with E-state index in [0.717, 1.165) is 0 Å². The van der Waals surface area contributed by atoms with Gasteiger partial charge in [0.1, 0.15) is 0 Å². The summed E-state index contributed by atoms with van der Waals surface area (Å²) in [7, 11) is 1.46. The number of rotatable bonds is 5. The molecule has 0 fully saturated rings. The molecule has 0 aliphatic carbocycles. The average molecular weight is 217 g/mol. The van der Waals surface area contributed by atoms with E-state index in [1.807, 2.05) is 0 Å². The van der Waals surface area contributed by atoms with Crippen molar-refractivity contribution in [2.75, 3.05) is 7.05 Å². The van der Waals surface area contributed by atoms with Crippen LogP contribution in [0.5, 0.6) is 0 Å². The number of hydrogen-bond donors (Lipinski definition) is 2. The van der Waals surface area contributed by atoms with Crippen LogP contribution in [0, 0.1) is 5.92 Å². The Morgan fingerprint density at radius 3 is 2.27 bits per heavy atom. The number of nitrogens with one attached hydrogen (secondary N) is 1. The lowest BCUT2D eigenvalue weighted by Crippen LogP contribution is -2.30. The van der Waals surface area contributed by atoms with E-state index in [0.29, 0.717) is 0 Å². The van der Waals surface area contributed by atoms with Crippen molar-refractivity contribution in [1.29, 1.82) is 0 Å². The lowest BCUT2D eigenvalue weighted by molar-refractivity contribution is -0.163. The van der Waals surface area contributed by atoms with Crippen LogP contribution in [-0.4, -0.2) is 36.1 Å². The fourth-order valence-electron chi connectivity index (χ4n) is 0.885. The highest BCUT2D eigenvalue weighted by molar-refractivity contribution is 5.84. The monoisotopic (exact) mass is 217 g/mol. The van der Waals surface area contributed by atoms with Crippen molar-refractivity contribution >= 4 is 17.8 Å². The number of aliphatic carboxylic acids is 1. The molecule has 0 aromatic rings. The zero-order valence-corrected chi connectivity index (χ0v) is 8.94. The summed E-state index contributed by atoms with van der Waals surface area (Å²) in [6.45, 7) is 2.82. The zero-order valence-electron chi connectivity index (χ0n) is 8.94. The van der Waals surface area contributed by atoms with Crippen molar-refractivity contribution < 1.29 is 24.2 Å². The summed E-state index contributed by atoms with van der Waals surface area (Å²) in [5, 5.41) is 10.8. The summed E-state index contributed by atoms with van der Waals surface area (Å²) in [5.74, 6) is -2.71. The molecule has 6 heteroatoms. The van der Waals surface area contributed by atoms with Gasteiger partial charge in [0, 0.05) is 13.0 Å². The first-order chi connectivity index (χ1) is 6.88. The molecule has 2 atom stereocenters. The van der Waals surface area contributed by atoms with Gasteiger partial charge in [-0.25, -0.2) is 4.79 Å². The van der Waals surface area contributed by atoms with Crippen LogP contribution < -0.4 is 5.32 Å². The molecule has 0 rings (SSSR count). The van der Waals surface area contributed by atoms with Gasteiger partial charge in [0.15, 0.2) is 6.10 Å². The Kier molecular flexibility index (Phi) is 5.36. The van der Waals surface area contributed by atoms with Crippen molar-refractivity contribution in [3.05, 3.63) is 0 Å². The standard InChI is InChI=1S/C9H15NO5/c1-5(8(12)10-3)4-7(11)15-6(2)9(13)14/h5-6H,4H2,1-3H3,(H,10,12)(H,13,14). The first-order valence-corrected chi connectivity index (χ1v) is 4.52. The highest BCUT2D eigenvalue weighted by atomic mass is 16.6. The molecule has 0 bridgehead atoms. The molecule has 0 saturated heterocycles. The van der Waals surface area contributed by atoms with Crippen LogP contribution in [0.15, 0.2) is 0 Å². The van der Waals surface area contributed by atoms with E-state index in [1.165, 1.54) is 14.0 Å². The van der Waals surface area contributed by atoms with Crippen LogP contribution in [0.4, 0.5) is 0 Å². The minimum atomic E-state index is -1.21. The summed E-state index contributed by atoms with van der Waals surface area (Å²) in [6, 6.07) is 0. The summed E-state index contributed by atoms with van der Waals surface area (Å²) in [4.78, 5) is 32.5. The van der Waals surface area contributed by atoms with Gasteiger partial charge < -0.3 is 15.2 Å². The van der Waals surface area contributed by atoms with E-state index < -0.39 is 24.0 Å². The summed E-state index contributed by atoms with van der Waals surface area (Å²) in [5.41, 5.74) is 0. The molecule has 0 saturated carbocycles. The molecule has 86 valence electrons. The largest absolute Gasteiger partial charge is 0.479 e. The van der Waals surface area contributed by atoms with Gasteiger partial charge in [-0.05, 0) is 6.92 Å². The van der Waals surface area contributed by atoms with E-state index >= 15 is 0 Å². The maximum Gasteiger partial charge on any atom is 0.344 e. The third-order valence-electron chi connectivity index (χ3n) is 1.82. The fourth-order valence-corrected chi connectivity index (χ4v) is 0.885. The Bertz CT molecular complexity index is 263. The van der Waals surface area contributed by atoms with Gasteiger partial charge in [0.25, 0.3) is 0 Å². The maximum atomic E-state index is 11.1. The molecule has 0 aromatic carbocycles. The lowest BCUT2D eigenvalue weighted by Gasteiger charge is -2.11. The fraction of sp³-hybridized carbons (Fsp3) is 0.667. The molecule has 0 aliphatic rings. The first kappa shape index (κ1) is 13.4. The normalized spacial score (nSPS) is 13.8. The third kappa shape index (κ3) is 4.99. The zero-order chi connectivity index (χ0) is 12.0. The van der Waals surface area contributed by atoms with Crippen molar-refractivity contribution in [1.82, 2.24) is 5.32 Å². The molecule has 15 heavy (non-hydrogen) atoms. The number of hydrogen-bond acceptors (Lipinski definition) is 4. The molecule has 0 aliphatic heterocycles. The minimum absolute atomic E-state index is 0.128. The van der Waals surface area contributed by atoms with E-state index in [2.05, 4.69) is 10.1 Å². The van der Waals surface area contributed by atoms with E-state index in [-0.39, 0.29) is 12.3 Å². The Balaban J connectivity index is 4.04. The summed E-state index contributed by atoms with van der Waals surface area (Å²) in [6.07, 6.45) is -1.31. The molecule has 0 heterocycles. The molecule has 0 spiro atoms. The van der Waals surface area contributed by atoms with Crippen molar-refractivity contribution in [3.8, 4) is 0 Å². The predicted molar refractivity (Wildman–Crippen MR) is 51.0 cm³/mol. The highest BCUT2D eigenvalue weighted by Gasteiger charge is 2.20. The molecular formula is C9H15NO5. The number of esters is 1. The second-order valence-corrected chi connectivity index (χ2v) is 3.19. The van der Waals surface area contributed by atoms with E-state index in [1.54, 1.807) is 6.92 Å². The number of carbonyl (C=O) groups excluding carboxylic acids is 2. The van der Waals surface area contributed by atoms with Crippen molar-refractivity contribution in [3.63, 3.8) is 0 Å². The van der Waals surface area contributed by atoms with Gasteiger partial charge in [-0.2, -0.15) is 0 Å². The van der Waals surface area contributed by atoms with Gasteiger partial charge in [-0.3, -0.25) is 9.59 Å². The maximum absolute atomic E-state index is 11.1. The predicted octanol–water partition coefficient (Wildman–Crippen LogP) is -0.225. The highest BCUT2D eigenvalue weighted by Crippen LogP contribution is 2.05. The van der Waals surface area contributed by atoms with E-state index in [4.69, 9.17) is 5.11 Å². The molecule has 0 radical (unpaired) electrons. The molecule has 2 unspecified atom stereocenters. The van der Waals surface area contributed by atoms with Crippen LogP contribution in [0.2, 0.25) is 0 Å². The number of carboxylic acid groups (broad SMARTS) is 1. The second-order valence-electron chi connectivity index (χ2n) is 3.19. The summed E-state index contributed by atoms with van der Waals surface area (Å²) < 4.78 is 4.56. The van der Waals surface area contributed by atoms with Crippen molar-refractivity contribution in [2.45, 2.75) is 26.4 Å². The van der Waals surface area contributed by atoms with Gasteiger partial charge in [0.2, 0.25) is 5.91 Å². The van der Waals surface area contributed by atoms with Crippen LogP contribution in [-0.2, 0) is 19.1 Å². The van der Waals surface area contributed by atoms with Crippen LogP contribution in [0.1, 0.15) is 20.3 Å². The Morgan fingerprint density at radius 1 is 1.33 bits per heavy atom. The number of carboxylic acids is 1. The minimum Gasteiger partial charge on any atom is -0.479 e. The molecule has 6 nitrogen and oxygen atoms in total. The Hall–Kier alpha value is -1.59. The van der Waals surface area contributed by atoms with Crippen LogP contribution in [0.3, 0.4) is 0 Å². The second kappa shape index (κ2) is 6.00. The molecule has 0 aromatic heterocycles. The summed E-state index contributed by atoms with van der Waals surface area (Å²) >= 11 is 0. The van der Waals surface area contributed by atoms with Crippen molar-refractivity contribution in [2.24, 2.45) is 5.92 Å². The molecular weight excluding hydrogens is 202 g/mol. The topological polar surface area (TPSA) is 92.7 Å². The van der Waals surface area contributed by atoms with Gasteiger partial charge in [-0.1, -0.05) is 6.92 Å². The number of ether oxygens (including phenoxy) is 1. The number of carbonyl (C=O) groups is 3. The average Bonchev–Trinajstić information content (AvgIpc) is 2.15. The van der Waals surface area contributed by atoms with Gasteiger partial charge in [0.05, 0.1) is 6.42 Å². The number of amides is 1. The molecule has 1 amide bonds. The van der Waals surface area contributed by atoms with Gasteiger partial charge in [-0.15, -0.1) is 0 Å². The Morgan fingerprint density at radius 2 is 1.87 bits per heavy atom. The SMILES string of the molecule is CNC(=O)C(C)CC(=O)OC(C)C(=O)O. The lowest BCUT2D eigenvalue weighted by atomic mass is 10.1. The Labute approximate surface area is 87.6 Å². The first-order valence-electron chi connectivity index (χ1n) is 4.52. The van der Waals surface area contributed by atoms with Crippen LogP contribution in [0.25, 0.3) is 0 Å². The quantitative estimate of drug-likeness (QED) is 0.621. The van der Waals surface area contributed by atoms with E-state index in [9.17, 15) is 14.4 Å². The molecule has 2 N–H and O–H groups in total. The van der Waals surface area contributed by atoms with Crippen LogP contribution >= 0.6 is 0 Å². The smallest absolute Gasteiger partial charge is 0.344 e. The third-order valence-corrected chi connectivity index (χ3v) is 1.82.